The molecule has 0 saturated carbocycles. The number of amides is 1. The molecule has 0 radical (unpaired) electrons. The Bertz CT molecular complexity index is 421. The van der Waals surface area contributed by atoms with E-state index in [4.69, 9.17) is 15.2 Å². The molecule has 0 aromatic heterocycles. The molecule has 0 fully saturated rings. The van der Waals surface area contributed by atoms with Crippen LogP contribution in [-0.2, 0) is 9.53 Å². The molecule has 0 aliphatic carbocycles. The van der Waals surface area contributed by atoms with Crippen molar-refractivity contribution in [2.75, 3.05) is 32.5 Å². The number of hydrogen-bond donors (Lipinski definition) is 1. The smallest absolute Gasteiger partial charge is 0.225 e. The van der Waals surface area contributed by atoms with Crippen molar-refractivity contribution in [1.82, 2.24) is 4.90 Å². The molecule has 112 valence electrons. The number of rotatable bonds is 8. The quantitative estimate of drug-likeness (QED) is 0.739. The van der Waals surface area contributed by atoms with Gasteiger partial charge in [-0.25, -0.2) is 0 Å². The van der Waals surface area contributed by atoms with Gasteiger partial charge in [-0.1, -0.05) is 12.1 Å². The van der Waals surface area contributed by atoms with Crippen LogP contribution in [0.5, 0.6) is 5.75 Å². The summed E-state index contributed by atoms with van der Waals surface area (Å²) in [4.78, 5) is 13.5. The first-order valence-electron chi connectivity index (χ1n) is 6.83. The van der Waals surface area contributed by atoms with Gasteiger partial charge in [-0.05, 0) is 26.0 Å². The molecule has 1 amide bonds. The van der Waals surface area contributed by atoms with E-state index in [-0.39, 0.29) is 12.0 Å². The minimum Gasteiger partial charge on any atom is -0.491 e. The van der Waals surface area contributed by atoms with Gasteiger partial charge in [0.2, 0.25) is 5.91 Å². The molecule has 0 aliphatic heterocycles. The number of anilines is 1. The van der Waals surface area contributed by atoms with Crippen LogP contribution >= 0.6 is 0 Å². The zero-order chi connectivity index (χ0) is 15.0. The van der Waals surface area contributed by atoms with Gasteiger partial charge >= 0.3 is 0 Å². The molecule has 0 unspecified atom stereocenters. The molecule has 1 aromatic rings. The second-order valence-corrected chi connectivity index (χ2v) is 4.87. The number of likely N-dealkylation sites (N-methyl/N-ethyl adjacent to an activating group) is 1. The Morgan fingerprint density at radius 1 is 1.30 bits per heavy atom. The van der Waals surface area contributed by atoms with E-state index in [0.29, 0.717) is 37.6 Å². The van der Waals surface area contributed by atoms with Crippen LogP contribution < -0.4 is 10.5 Å². The van der Waals surface area contributed by atoms with E-state index in [9.17, 15) is 4.79 Å². The van der Waals surface area contributed by atoms with Crippen molar-refractivity contribution in [2.24, 2.45) is 0 Å². The van der Waals surface area contributed by atoms with Crippen LogP contribution in [0.15, 0.2) is 24.3 Å². The topological polar surface area (TPSA) is 64.8 Å². The van der Waals surface area contributed by atoms with Crippen LogP contribution in [0.4, 0.5) is 5.69 Å². The van der Waals surface area contributed by atoms with E-state index >= 15 is 0 Å². The zero-order valence-corrected chi connectivity index (χ0v) is 12.5. The number of ether oxygens (including phenoxy) is 2. The molecule has 2 N–H and O–H groups in total. The Morgan fingerprint density at radius 2 is 2.00 bits per heavy atom. The third-order valence-electron chi connectivity index (χ3n) is 2.80. The van der Waals surface area contributed by atoms with Crippen molar-refractivity contribution in [2.45, 2.75) is 26.4 Å². The minimum atomic E-state index is 0.0341. The van der Waals surface area contributed by atoms with Gasteiger partial charge in [0, 0.05) is 13.6 Å². The van der Waals surface area contributed by atoms with Gasteiger partial charge in [0.15, 0.2) is 0 Å². The van der Waals surface area contributed by atoms with Crippen molar-refractivity contribution in [3.63, 3.8) is 0 Å². The average molecular weight is 280 g/mol. The third-order valence-corrected chi connectivity index (χ3v) is 2.80. The van der Waals surface area contributed by atoms with Crippen LogP contribution in [0, 0.1) is 0 Å². The lowest BCUT2D eigenvalue weighted by Gasteiger charge is -2.18. The van der Waals surface area contributed by atoms with Gasteiger partial charge in [-0.2, -0.15) is 0 Å². The number of nitrogen functional groups attached to an aromatic ring is 1. The fourth-order valence-corrected chi connectivity index (χ4v) is 1.60. The van der Waals surface area contributed by atoms with E-state index in [2.05, 4.69) is 0 Å². The highest BCUT2D eigenvalue weighted by Gasteiger charge is 2.09. The molecular weight excluding hydrogens is 256 g/mol. The maximum absolute atomic E-state index is 11.9. The summed E-state index contributed by atoms with van der Waals surface area (Å²) < 4.78 is 10.9. The third kappa shape index (κ3) is 5.93. The first kappa shape index (κ1) is 16.3. The van der Waals surface area contributed by atoms with Crippen molar-refractivity contribution in [3.05, 3.63) is 24.3 Å². The highest BCUT2D eigenvalue weighted by molar-refractivity contribution is 5.76. The molecule has 0 saturated heterocycles. The number of benzene rings is 1. The number of carbonyl (C=O) groups is 1. The molecule has 0 atom stereocenters. The lowest BCUT2D eigenvalue weighted by Crippen LogP contribution is -2.31. The van der Waals surface area contributed by atoms with E-state index in [1.807, 2.05) is 26.0 Å². The van der Waals surface area contributed by atoms with E-state index in [1.54, 1.807) is 24.1 Å². The van der Waals surface area contributed by atoms with E-state index in [0.717, 1.165) is 0 Å². The van der Waals surface area contributed by atoms with Gasteiger partial charge in [0.25, 0.3) is 0 Å². The Balaban J connectivity index is 2.24. The standard InChI is InChI=1S/C15H24N2O3/c1-12(2)19-11-9-17(3)15(18)8-10-20-14-7-5-4-6-13(14)16/h4-7,12H,8-11,16H2,1-3H3. The summed E-state index contributed by atoms with van der Waals surface area (Å²) in [6.45, 7) is 5.40. The van der Waals surface area contributed by atoms with E-state index < -0.39 is 0 Å². The summed E-state index contributed by atoms with van der Waals surface area (Å²) in [7, 11) is 1.77. The van der Waals surface area contributed by atoms with Gasteiger partial charge in [0.1, 0.15) is 5.75 Å². The van der Waals surface area contributed by atoms with Gasteiger partial charge in [0.05, 0.1) is 31.4 Å². The Hall–Kier alpha value is -1.75. The number of nitrogens with zero attached hydrogens (tertiary/aromatic N) is 1. The molecular formula is C15H24N2O3. The number of hydrogen-bond acceptors (Lipinski definition) is 4. The SMILES string of the molecule is CC(C)OCCN(C)C(=O)CCOc1ccccc1N. The molecule has 1 rings (SSSR count). The molecule has 5 nitrogen and oxygen atoms in total. The fourth-order valence-electron chi connectivity index (χ4n) is 1.60. The van der Waals surface area contributed by atoms with Gasteiger partial charge < -0.3 is 20.1 Å². The summed E-state index contributed by atoms with van der Waals surface area (Å²) in [5.41, 5.74) is 6.34. The largest absolute Gasteiger partial charge is 0.491 e. The average Bonchev–Trinajstić information content (AvgIpc) is 2.40. The Kier molecular flexibility index (Phi) is 6.87. The maximum atomic E-state index is 11.9. The summed E-state index contributed by atoms with van der Waals surface area (Å²) in [6.07, 6.45) is 0.509. The van der Waals surface area contributed by atoms with Crippen molar-refractivity contribution >= 4 is 11.6 Å². The highest BCUT2D eigenvalue weighted by Crippen LogP contribution is 2.19. The highest BCUT2D eigenvalue weighted by atomic mass is 16.5. The molecule has 1 aromatic carbocycles. The van der Waals surface area contributed by atoms with Crippen LogP contribution in [-0.4, -0.2) is 43.7 Å². The summed E-state index contributed by atoms with van der Waals surface area (Å²) in [5, 5.41) is 0. The maximum Gasteiger partial charge on any atom is 0.225 e. The van der Waals surface area contributed by atoms with Gasteiger partial charge in [-0.3, -0.25) is 4.79 Å². The molecule has 0 heterocycles. The molecule has 5 heteroatoms. The number of nitrogens with two attached hydrogens (primary N) is 1. The predicted molar refractivity (Wildman–Crippen MR) is 79.7 cm³/mol. The normalized spacial score (nSPS) is 10.6. The number of para-hydroxylation sites is 2. The Morgan fingerprint density at radius 3 is 2.65 bits per heavy atom. The molecule has 0 aliphatic rings. The van der Waals surface area contributed by atoms with Crippen LogP contribution in [0.25, 0.3) is 0 Å². The van der Waals surface area contributed by atoms with Crippen LogP contribution in [0.2, 0.25) is 0 Å². The van der Waals surface area contributed by atoms with Gasteiger partial charge in [-0.15, -0.1) is 0 Å². The summed E-state index contributed by atoms with van der Waals surface area (Å²) in [5.74, 6) is 0.651. The molecule has 0 bridgehead atoms. The summed E-state index contributed by atoms with van der Waals surface area (Å²) >= 11 is 0. The monoisotopic (exact) mass is 280 g/mol. The van der Waals surface area contributed by atoms with Crippen molar-refractivity contribution < 1.29 is 14.3 Å². The Labute approximate surface area is 120 Å². The number of carbonyl (C=O) groups excluding carboxylic acids is 1. The lowest BCUT2D eigenvalue weighted by atomic mass is 10.3. The fraction of sp³-hybridized carbons (Fsp3) is 0.533. The minimum absolute atomic E-state index is 0.0341. The molecule has 20 heavy (non-hydrogen) atoms. The first-order chi connectivity index (χ1) is 9.50. The van der Waals surface area contributed by atoms with E-state index in [1.165, 1.54) is 0 Å². The zero-order valence-electron chi connectivity index (χ0n) is 12.5. The van der Waals surface area contributed by atoms with Crippen molar-refractivity contribution in [3.8, 4) is 5.75 Å². The van der Waals surface area contributed by atoms with Crippen LogP contribution in [0.3, 0.4) is 0 Å². The molecule has 0 spiro atoms. The first-order valence-corrected chi connectivity index (χ1v) is 6.83. The van der Waals surface area contributed by atoms with Crippen LogP contribution in [0.1, 0.15) is 20.3 Å². The summed E-state index contributed by atoms with van der Waals surface area (Å²) in [6, 6.07) is 7.26. The predicted octanol–water partition coefficient (Wildman–Crippen LogP) is 1.92. The lowest BCUT2D eigenvalue weighted by molar-refractivity contribution is -0.131. The second-order valence-electron chi connectivity index (χ2n) is 4.87. The second kappa shape index (κ2) is 8.43. The van der Waals surface area contributed by atoms with Crippen molar-refractivity contribution in [1.29, 1.82) is 0 Å².